The first-order chi connectivity index (χ1) is 11.5. The smallest absolute Gasteiger partial charge is 0.309 e. The fraction of sp³-hybridized carbons (Fsp3) is 0.263. The average Bonchev–Trinajstić information content (AvgIpc) is 2.59. The van der Waals surface area contributed by atoms with Gasteiger partial charge in [-0.15, -0.1) is 0 Å². The molecule has 0 saturated heterocycles. The molecule has 0 fully saturated rings. The molecule has 0 spiro atoms. The average molecular weight is 328 g/mol. The Hall–Kier alpha value is -2.69. The summed E-state index contributed by atoms with van der Waals surface area (Å²) < 4.78 is 12.8. The first-order valence-electron chi connectivity index (χ1n) is 7.85. The van der Waals surface area contributed by atoms with E-state index in [9.17, 15) is 14.0 Å². The summed E-state index contributed by atoms with van der Waals surface area (Å²) in [5, 5.41) is 5.09. The van der Waals surface area contributed by atoms with Crippen molar-refractivity contribution in [2.24, 2.45) is 0 Å². The molecule has 0 atom stereocenters. The van der Waals surface area contributed by atoms with Gasteiger partial charge in [-0.25, -0.2) is 4.39 Å². The second-order valence-corrected chi connectivity index (χ2v) is 5.89. The molecule has 2 aromatic carbocycles. The van der Waals surface area contributed by atoms with Crippen LogP contribution in [0.4, 0.5) is 4.39 Å². The van der Waals surface area contributed by atoms with Gasteiger partial charge in [0.25, 0.3) is 0 Å². The molecule has 0 heterocycles. The van der Waals surface area contributed by atoms with Gasteiger partial charge in [0.1, 0.15) is 5.82 Å². The van der Waals surface area contributed by atoms with Gasteiger partial charge < -0.3 is 10.6 Å². The minimum absolute atomic E-state index is 0.176. The highest BCUT2D eigenvalue weighted by Gasteiger charge is 2.12. The highest BCUT2D eigenvalue weighted by atomic mass is 19.1. The highest BCUT2D eigenvalue weighted by Crippen LogP contribution is 2.14. The monoisotopic (exact) mass is 328 g/mol. The zero-order valence-electron chi connectivity index (χ0n) is 13.8. The molecule has 2 N–H and O–H groups in total. The van der Waals surface area contributed by atoms with Gasteiger partial charge in [-0.3, -0.25) is 9.59 Å². The Kier molecular flexibility index (Phi) is 6.07. The van der Waals surface area contributed by atoms with Gasteiger partial charge in [0.2, 0.25) is 0 Å². The van der Waals surface area contributed by atoms with Crippen LogP contribution in [0.1, 0.15) is 36.5 Å². The number of rotatable bonds is 5. The summed E-state index contributed by atoms with van der Waals surface area (Å²) in [5.74, 6) is -1.29. The SMILES string of the molecule is CC(C)c1ccc(CNC(=O)C(=O)NCc2ccc(F)cc2)cc1. The first-order valence-corrected chi connectivity index (χ1v) is 7.85. The molecular weight excluding hydrogens is 307 g/mol. The fourth-order valence-electron chi connectivity index (χ4n) is 2.15. The largest absolute Gasteiger partial charge is 0.344 e. The minimum atomic E-state index is -0.710. The lowest BCUT2D eigenvalue weighted by Gasteiger charge is -2.09. The van der Waals surface area contributed by atoms with Crippen LogP contribution in [-0.4, -0.2) is 11.8 Å². The highest BCUT2D eigenvalue weighted by molar-refractivity contribution is 6.35. The van der Waals surface area contributed by atoms with Gasteiger partial charge >= 0.3 is 11.8 Å². The maximum Gasteiger partial charge on any atom is 0.309 e. The van der Waals surface area contributed by atoms with E-state index in [1.165, 1.54) is 17.7 Å². The van der Waals surface area contributed by atoms with Crippen LogP contribution in [0.5, 0.6) is 0 Å². The summed E-state index contributed by atoms with van der Waals surface area (Å²) in [4.78, 5) is 23.5. The molecule has 0 unspecified atom stereocenters. The Bertz CT molecular complexity index is 694. The quantitative estimate of drug-likeness (QED) is 0.829. The van der Waals surface area contributed by atoms with Crippen molar-refractivity contribution in [1.29, 1.82) is 0 Å². The van der Waals surface area contributed by atoms with Crippen molar-refractivity contribution in [2.75, 3.05) is 0 Å². The summed E-state index contributed by atoms with van der Waals surface area (Å²) in [6.45, 7) is 4.70. The van der Waals surface area contributed by atoms with Crippen molar-refractivity contribution in [3.05, 3.63) is 71.0 Å². The molecule has 0 radical (unpaired) electrons. The van der Waals surface area contributed by atoms with Gasteiger partial charge in [-0.2, -0.15) is 0 Å². The van der Waals surface area contributed by atoms with Crippen LogP contribution in [0, 0.1) is 5.82 Å². The zero-order valence-corrected chi connectivity index (χ0v) is 13.8. The Morgan fingerprint density at radius 1 is 0.833 bits per heavy atom. The molecule has 0 aliphatic rings. The van der Waals surface area contributed by atoms with Crippen molar-refractivity contribution >= 4 is 11.8 Å². The van der Waals surface area contributed by atoms with E-state index in [2.05, 4.69) is 24.5 Å². The third kappa shape index (κ3) is 5.19. The number of amides is 2. The second-order valence-electron chi connectivity index (χ2n) is 5.89. The van der Waals surface area contributed by atoms with Gasteiger partial charge in [-0.1, -0.05) is 50.2 Å². The number of nitrogens with one attached hydrogen (secondary N) is 2. The Balaban J connectivity index is 1.78. The lowest BCUT2D eigenvalue weighted by molar-refractivity contribution is -0.139. The molecule has 4 nitrogen and oxygen atoms in total. The molecule has 0 aliphatic heterocycles. The van der Waals surface area contributed by atoms with Crippen molar-refractivity contribution in [1.82, 2.24) is 10.6 Å². The van der Waals surface area contributed by atoms with E-state index in [1.807, 2.05) is 24.3 Å². The molecule has 126 valence electrons. The molecule has 0 saturated carbocycles. The van der Waals surface area contributed by atoms with E-state index < -0.39 is 11.8 Å². The number of carbonyl (C=O) groups excluding carboxylic acids is 2. The molecule has 0 aromatic heterocycles. The van der Waals surface area contributed by atoms with Gasteiger partial charge in [0, 0.05) is 13.1 Å². The van der Waals surface area contributed by atoms with Crippen LogP contribution in [0.2, 0.25) is 0 Å². The topological polar surface area (TPSA) is 58.2 Å². The summed E-state index contributed by atoms with van der Waals surface area (Å²) >= 11 is 0. The predicted octanol–water partition coefficient (Wildman–Crippen LogP) is 2.88. The van der Waals surface area contributed by atoms with Crippen LogP contribution in [0.25, 0.3) is 0 Å². The first kappa shape index (κ1) is 17.7. The van der Waals surface area contributed by atoms with Gasteiger partial charge in [0.15, 0.2) is 0 Å². The van der Waals surface area contributed by atoms with E-state index in [0.29, 0.717) is 12.5 Å². The Morgan fingerprint density at radius 3 is 1.67 bits per heavy atom. The third-order valence-electron chi connectivity index (χ3n) is 3.67. The van der Waals surface area contributed by atoms with Crippen molar-refractivity contribution in [3.63, 3.8) is 0 Å². The van der Waals surface area contributed by atoms with Gasteiger partial charge in [0.05, 0.1) is 0 Å². The standard InChI is InChI=1S/C19H21FN2O2/c1-13(2)16-7-3-14(4-8-16)11-21-18(23)19(24)22-12-15-5-9-17(20)10-6-15/h3-10,13H,11-12H2,1-2H3,(H,21,23)(H,22,24). The van der Waals surface area contributed by atoms with Crippen LogP contribution in [0.15, 0.2) is 48.5 Å². The molecule has 5 heteroatoms. The van der Waals surface area contributed by atoms with Gasteiger partial charge in [-0.05, 0) is 34.7 Å². The van der Waals surface area contributed by atoms with E-state index in [-0.39, 0.29) is 12.4 Å². The number of benzene rings is 2. The summed E-state index contributed by atoms with van der Waals surface area (Å²) in [7, 11) is 0. The predicted molar refractivity (Wildman–Crippen MR) is 90.6 cm³/mol. The lowest BCUT2D eigenvalue weighted by atomic mass is 10.0. The summed E-state index contributed by atoms with van der Waals surface area (Å²) in [5.41, 5.74) is 2.88. The number of halogens is 1. The minimum Gasteiger partial charge on any atom is -0.344 e. The van der Waals surface area contributed by atoms with Crippen LogP contribution < -0.4 is 10.6 Å². The van der Waals surface area contributed by atoms with Crippen LogP contribution >= 0.6 is 0 Å². The molecular formula is C19H21FN2O2. The van der Waals surface area contributed by atoms with E-state index in [1.54, 1.807) is 12.1 Å². The maximum absolute atomic E-state index is 12.8. The normalized spacial score (nSPS) is 10.5. The Labute approximate surface area is 141 Å². The maximum atomic E-state index is 12.8. The van der Waals surface area contributed by atoms with Crippen LogP contribution in [-0.2, 0) is 22.7 Å². The van der Waals surface area contributed by atoms with Crippen LogP contribution in [0.3, 0.4) is 0 Å². The molecule has 0 bridgehead atoms. The molecule has 24 heavy (non-hydrogen) atoms. The Morgan fingerprint density at radius 2 is 1.25 bits per heavy atom. The van der Waals surface area contributed by atoms with E-state index in [0.717, 1.165) is 11.1 Å². The summed E-state index contributed by atoms with van der Waals surface area (Å²) in [6, 6.07) is 13.6. The van der Waals surface area contributed by atoms with Crippen molar-refractivity contribution in [2.45, 2.75) is 32.9 Å². The lowest BCUT2D eigenvalue weighted by Crippen LogP contribution is -2.39. The molecule has 2 aromatic rings. The number of hydrogen-bond donors (Lipinski definition) is 2. The molecule has 2 amide bonds. The zero-order chi connectivity index (χ0) is 17.5. The molecule has 0 aliphatic carbocycles. The van der Waals surface area contributed by atoms with E-state index >= 15 is 0 Å². The number of carbonyl (C=O) groups is 2. The summed E-state index contributed by atoms with van der Waals surface area (Å²) in [6.07, 6.45) is 0. The van der Waals surface area contributed by atoms with Crippen molar-refractivity contribution < 1.29 is 14.0 Å². The van der Waals surface area contributed by atoms with E-state index in [4.69, 9.17) is 0 Å². The van der Waals surface area contributed by atoms with Crippen molar-refractivity contribution in [3.8, 4) is 0 Å². The third-order valence-corrected chi connectivity index (χ3v) is 3.67. The fourth-order valence-corrected chi connectivity index (χ4v) is 2.15. The number of hydrogen-bond acceptors (Lipinski definition) is 2. The molecule has 2 rings (SSSR count). The second kappa shape index (κ2) is 8.24.